The summed E-state index contributed by atoms with van der Waals surface area (Å²) in [5, 5.41) is 113. The minimum atomic E-state index is -1.74. The van der Waals surface area contributed by atoms with Gasteiger partial charge in [-0.2, -0.15) is 0 Å². The fraction of sp³-hybridized carbons (Fsp3) is 0.882. The second-order valence-electron chi connectivity index (χ2n) is 14.2. The topological polar surface area (TPSA) is 296 Å². The van der Waals surface area contributed by atoms with Crippen LogP contribution < -0.4 is 0 Å². The Balaban J connectivity index is 1.26. The van der Waals surface area contributed by atoms with Crippen molar-refractivity contribution >= 4 is 0 Å². The molecule has 0 aliphatic carbocycles. The van der Waals surface area contributed by atoms with E-state index in [2.05, 4.69) is 0 Å². The number of hydrogen-bond acceptors (Lipinski definition) is 19. The number of ether oxygens (including phenoxy) is 8. The second-order valence-corrected chi connectivity index (χ2v) is 14.2. The Hall–Kier alpha value is -1.28. The minimum Gasteiger partial charge on any atom is -0.394 e. The molecule has 11 N–H and O–H groups in total. The highest BCUT2D eigenvalue weighted by molar-refractivity contribution is 5.05. The average Bonchev–Trinajstić information content (AvgIpc) is 3.12. The van der Waals surface area contributed by atoms with Crippen LogP contribution in [0.4, 0.5) is 0 Å². The van der Waals surface area contributed by atoms with Crippen LogP contribution in [0.5, 0.6) is 0 Å². The molecule has 0 aromatic rings. The van der Waals surface area contributed by atoms with Gasteiger partial charge in [0, 0.05) is 0 Å². The number of rotatable bonds is 14. The minimum absolute atomic E-state index is 0.0339. The van der Waals surface area contributed by atoms with Crippen molar-refractivity contribution in [3.63, 3.8) is 0 Å². The van der Waals surface area contributed by atoms with Crippen LogP contribution in [0.3, 0.4) is 0 Å². The third kappa shape index (κ3) is 10.8. The highest BCUT2D eigenvalue weighted by atomic mass is 16.8. The van der Waals surface area contributed by atoms with Crippen molar-refractivity contribution in [1.82, 2.24) is 0 Å². The monoisotopic (exact) mass is 770 g/mol. The van der Waals surface area contributed by atoms with Crippen LogP contribution in [-0.2, 0) is 37.9 Å². The van der Waals surface area contributed by atoms with E-state index >= 15 is 0 Å². The van der Waals surface area contributed by atoms with Gasteiger partial charge in [0.25, 0.3) is 0 Å². The molecule has 0 unspecified atom stereocenters. The van der Waals surface area contributed by atoms with Crippen LogP contribution in [0, 0.1) is 0 Å². The number of aliphatic hydroxyl groups is 11. The van der Waals surface area contributed by atoms with Crippen molar-refractivity contribution in [2.75, 3.05) is 19.8 Å². The molecule has 308 valence electrons. The van der Waals surface area contributed by atoms with E-state index in [9.17, 15) is 56.2 Å². The molecule has 0 saturated carbocycles. The van der Waals surface area contributed by atoms with Gasteiger partial charge in [0.15, 0.2) is 25.2 Å². The molecule has 4 aliphatic rings. The first-order chi connectivity index (χ1) is 25.0. The molecule has 0 aromatic carbocycles. The molecule has 0 spiro atoms. The van der Waals surface area contributed by atoms with Gasteiger partial charge in [-0.15, -0.1) is 0 Å². The molecule has 0 radical (unpaired) electrons. The summed E-state index contributed by atoms with van der Waals surface area (Å²) in [4.78, 5) is 0. The number of allylic oxidation sites excluding steroid dienone is 2. The molecule has 0 aromatic heterocycles. The average molecular weight is 771 g/mol. The maximum absolute atomic E-state index is 10.9. The van der Waals surface area contributed by atoms with Crippen molar-refractivity contribution in [3.8, 4) is 0 Å². The van der Waals surface area contributed by atoms with Gasteiger partial charge in [-0.05, 0) is 47.5 Å². The summed E-state index contributed by atoms with van der Waals surface area (Å²) in [6.07, 6.45) is -22.3. The lowest BCUT2D eigenvalue weighted by Crippen LogP contribution is -2.64. The van der Waals surface area contributed by atoms with E-state index < -0.39 is 129 Å². The van der Waals surface area contributed by atoms with Crippen LogP contribution in [0.25, 0.3) is 0 Å². The van der Waals surface area contributed by atoms with Gasteiger partial charge >= 0.3 is 0 Å². The van der Waals surface area contributed by atoms with E-state index in [0.717, 1.165) is 11.1 Å². The Bertz CT molecular complexity index is 1190. The van der Waals surface area contributed by atoms with Crippen molar-refractivity contribution in [1.29, 1.82) is 0 Å². The van der Waals surface area contributed by atoms with Crippen LogP contribution in [0.1, 0.15) is 47.5 Å². The predicted molar refractivity (Wildman–Crippen MR) is 177 cm³/mol. The Morgan fingerprint density at radius 1 is 0.509 bits per heavy atom. The molecular formula is C34H58O19. The standard InChI is InChI=1S/C34H58O19/c1-13(9-10-46-31-28(45)29(21(38)17(5)48-31)52-32-26(43)23(40)19(36)15(3)49-32)7-6-8-14(2)12-47-34-30(25(42)20(37)16(4)50-34)53-33-27(44)24(41)22(39)18(11-35)51-33/h8-9,15-45H,6-7,10-12H2,1-5H3/b13-9+,14-8+/t15-,16-,17-,18+,19-,20-,21-,22+,23+,24-,25+,26+,27+,28+,29+,30+,31+,32-,33-,34+/m0/s1. The Morgan fingerprint density at radius 3 is 1.68 bits per heavy atom. The third-order valence-electron chi connectivity index (χ3n) is 10.0. The van der Waals surface area contributed by atoms with Gasteiger partial charge < -0.3 is 94.1 Å². The quantitative estimate of drug-likeness (QED) is 0.0751. The molecule has 19 nitrogen and oxygen atoms in total. The van der Waals surface area contributed by atoms with Crippen molar-refractivity contribution < 1.29 is 94.1 Å². The van der Waals surface area contributed by atoms with Crippen molar-refractivity contribution in [2.45, 2.75) is 170 Å². The third-order valence-corrected chi connectivity index (χ3v) is 10.0. The molecular weight excluding hydrogens is 712 g/mol. The summed E-state index contributed by atoms with van der Waals surface area (Å²) in [5.74, 6) is 0. The molecule has 20 atom stereocenters. The van der Waals surface area contributed by atoms with Crippen LogP contribution in [-0.4, -0.2) is 199 Å². The predicted octanol–water partition coefficient (Wildman–Crippen LogP) is -3.98. The highest BCUT2D eigenvalue weighted by Gasteiger charge is 2.51. The largest absolute Gasteiger partial charge is 0.394 e. The smallest absolute Gasteiger partial charge is 0.187 e. The first-order valence-electron chi connectivity index (χ1n) is 17.8. The van der Waals surface area contributed by atoms with E-state index in [-0.39, 0.29) is 13.2 Å². The number of aliphatic hydroxyl groups excluding tert-OH is 11. The lowest BCUT2D eigenvalue weighted by atomic mass is 9.97. The van der Waals surface area contributed by atoms with E-state index in [4.69, 9.17) is 37.9 Å². The molecule has 19 heteroatoms. The SMILES string of the molecule is C/C(=C\CO[C@@H]1O[C@@H](C)[C@H](O)[C@@H](O[C@@H]2O[C@@H](C)[C@H](O)[C@@H](O)[C@H]2O)[C@H]1O)CC/C=C(\C)CO[C@@H]1O[C@@H](C)[C@H](O)[C@@H](O)[C@H]1O[C@@H]1O[C@H](CO)[C@@H](O)[C@H](O)[C@H]1O. The molecule has 53 heavy (non-hydrogen) atoms. The Labute approximate surface area is 307 Å². The fourth-order valence-corrected chi connectivity index (χ4v) is 6.40. The maximum atomic E-state index is 10.9. The van der Waals surface area contributed by atoms with Crippen LogP contribution in [0.2, 0.25) is 0 Å². The molecule has 4 rings (SSSR count). The van der Waals surface area contributed by atoms with Gasteiger partial charge in [0.2, 0.25) is 0 Å². The first-order valence-corrected chi connectivity index (χ1v) is 17.8. The molecule has 4 fully saturated rings. The summed E-state index contributed by atoms with van der Waals surface area (Å²) in [6, 6.07) is 0. The fourth-order valence-electron chi connectivity index (χ4n) is 6.40. The Morgan fingerprint density at radius 2 is 1.04 bits per heavy atom. The molecule has 0 amide bonds. The molecule has 0 bridgehead atoms. The van der Waals surface area contributed by atoms with E-state index in [0.29, 0.717) is 12.8 Å². The van der Waals surface area contributed by atoms with Crippen LogP contribution in [0.15, 0.2) is 23.3 Å². The van der Waals surface area contributed by atoms with E-state index in [1.54, 1.807) is 13.0 Å². The van der Waals surface area contributed by atoms with Crippen molar-refractivity contribution in [2.24, 2.45) is 0 Å². The summed E-state index contributed by atoms with van der Waals surface area (Å²) in [6.45, 7) is 7.66. The second kappa shape index (κ2) is 19.7. The Kier molecular flexibility index (Phi) is 16.5. The lowest BCUT2D eigenvalue weighted by molar-refractivity contribution is -0.363. The summed E-state index contributed by atoms with van der Waals surface area (Å²) < 4.78 is 45.2. The van der Waals surface area contributed by atoms with E-state index in [1.165, 1.54) is 13.8 Å². The van der Waals surface area contributed by atoms with Gasteiger partial charge in [-0.25, -0.2) is 0 Å². The summed E-state index contributed by atoms with van der Waals surface area (Å²) in [5.41, 5.74) is 1.73. The van der Waals surface area contributed by atoms with Gasteiger partial charge in [-0.1, -0.05) is 23.3 Å². The highest BCUT2D eigenvalue weighted by Crippen LogP contribution is 2.31. The van der Waals surface area contributed by atoms with Crippen molar-refractivity contribution in [3.05, 3.63) is 23.3 Å². The zero-order valence-electron chi connectivity index (χ0n) is 30.4. The maximum Gasteiger partial charge on any atom is 0.187 e. The van der Waals surface area contributed by atoms with Crippen LogP contribution >= 0.6 is 0 Å². The first kappa shape index (κ1) is 44.4. The van der Waals surface area contributed by atoms with E-state index in [1.807, 2.05) is 19.9 Å². The van der Waals surface area contributed by atoms with Gasteiger partial charge in [-0.3, -0.25) is 0 Å². The zero-order chi connectivity index (χ0) is 39.3. The molecule has 4 saturated heterocycles. The van der Waals surface area contributed by atoms with Gasteiger partial charge in [0.1, 0.15) is 79.4 Å². The summed E-state index contributed by atoms with van der Waals surface area (Å²) >= 11 is 0. The van der Waals surface area contributed by atoms with Gasteiger partial charge in [0.05, 0.1) is 38.1 Å². The zero-order valence-corrected chi connectivity index (χ0v) is 30.4. The molecule has 4 aliphatic heterocycles. The summed E-state index contributed by atoms with van der Waals surface area (Å²) in [7, 11) is 0. The molecule has 4 heterocycles. The number of hydrogen-bond donors (Lipinski definition) is 11. The normalized spacial score (nSPS) is 47.5. The lowest BCUT2D eigenvalue weighted by Gasteiger charge is -2.45.